The Morgan fingerprint density at radius 1 is 1.43 bits per heavy atom. The topological polar surface area (TPSA) is 21.7 Å². The molecule has 0 amide bonds. The summed E-state index contributed by atoms with van der Waals surface area (Å²) in [6, 6.07) is 0. The molecule has 0 aromatic heterocycles. The molecule has 1 heterocycles. The van der Waals surface area contributed by atoms with E-state index < -0.39 is 0 Å². The normalized spacial score (nSPS) is 27.9. The summed E-state index contributed by atoms with van der Waals surface area (Å²) >= 11 is 0. The number of hydrogen-bond donors (Lipinski definition) is 0. The van der Waals surface area contributed by atoms with Gasteiger partial charge in [-0.25, -0.2) is 0 Å². The Hall–Kier alpha value is -0.120. The molecule has 0 aliphatic carbocycles. The number of rotatable bonds is 4. The fourth-order valence-corrected chi connectivity index (χ4v) is 1.98. The second-order valence-electron chi connectivity index (χ2n) is 4.62. The van der Waals surface area contributed by atoms with Gasteiger partial charge in [0.05, 0.1) is 0 Å². The van der Waals surface area contributed by atoms with Gasteiger partial charge in [-0.3, -0.25) is 4.90 Å². The molecule has 0 bridgehead atoms. The molecule has 0 saturated carbocycles. The summed E-state index contributed by atoms with van der Waals surface area (Å²) in [5, 5.41) is 0. The predicted octanol–water partition coefficient (Wildman–Crippen LogP) is 2.07. The highest BCUT2D eigenvalue weighted by atomic mass is 16.7. The highest BCUT2D eigenvalue weighted by Crippen LogP contribution is 2.29. The molecule has 0 spiro atoms. The minimum atomic E-state index is -0.0411. The summed E-state index contributed by atoms with van der Waals surface area (Å²) < 4.78 is 11.3. The maximum atomic E-state index is 5.70. The lowest BCUT2D eigenvalue weighted by Gasteiger charge is -2.43. The quantitative estimate of drug-likeness (QED) is 0.695. The molecule has 1 rings (SSSR count). The number of nitrogens with zero attached hydrogens (tertiary/aromatic N) is 1. The third-order valence-electron chi connectivity index (χ3n) is 2.54. The second-order valence-corrected chi connectivity index (χ2v) is 4.62. The van der Waals surface area contributed by atoms with Crippen molar-refractivity contribution in [2.24, 2.45) is 5.41 Å². The Kier molecular flexibility index (Phi) is 4.35. The fraction of sp³-hybridized carbons (Fsp3) is 1.00. The van der Waals surface area contributed by atoms with Crippen LogP contribution < -0.4 is 0 Å². The molecular formula is C11H23NO2. The van der Waals surface area contributed by atoms with E-state index in [4.69, 9.17) is 9.47 Å². The van der Waals surface area contributed by atoms with E-state index >= 15 is 0 Å². The van der Waals surface area contributed by atoms with Crippen molar-refractivity contribution in [1.82, 2.24) is 4.90 Å². The van der Waals surface area contributed by atoms with Crippen LogP contribution in [-0.4, -0.2) is 37.6 Å². The van der Waals surface area contributed by atoms with Crippen LogP contribution in [0.1, 0.15) is 34.1 Å². The third kappa shape index (κ3) is 2.94. The van der Waals surface area contributed by atoms with E-state index in [0.29, 0.717) is 6.73 Å². The van der Waals surface area contributed by atoms with Crippen LogP contribution in [0.4, 0.5) is 0 Å². The number of ether oxygens (including phenoxy) is 2. The van der Waals surface area contributed by atoms with Crippen LogP contribution in [0.5, 0.6) is 0 Å². The standard InChI is InChI=1S/C11H23NO2/c1-5-7-12-8-11(3,4)10(13-6-2)14-9-12/h10H,5-9H2,1-4H3/t10-/m1/s1. The average molecular weight is 201 g/mol. The summed E-state index contributed by atoms with van der Waals surface area (Å²) in [6.07, 6.45) is 1.14. The SMILES string of the molecule is CCCN1CO[C@@H](OCC)C(C)(C)C1. The lowest BCUT2D eigenvalue weighted by molar-refractivity contribution is -0.252. The minimum Gasteiger partial charge on any atom is -0.352 e. The van der Waals surface area contributed by atoms with E-state index in [2.05, 4.69) is 25.7 Å². The predicted molar refractivity (Wildman–Crippen MR) is 57.0 cm³/mol. The zero-order valence-electron chi connectivity index (χ0n) is 9.88. The van der Waals surface area contributed by atoms with Crippen molar-refractivity contribution < 1.29 is 9.47 Å². The molecule has 0 aromatic rings. The molecule has 0 unspecified atom stereocenters. The maximum absolute atomic E-state index is 5.70. The van der Waals surface area contributed by atoms with Crippen LogP contribution in [-0.2, 0) is 9.47 Å². The summed E-state index contributed by atoms with van der Waals surface area (Å²) in [4.78, 5) is 2.34. The highest BCUT2D eigenvalue weighted by molar-refractivity contribution is 4.80. The van der Waals surface area contributed by atoms with Crippen molar-refractivity contribution in [2.45, 2.75) is 40.4 Å². The van der Waals surface area contributed by atoms with Gasteiger partial charge in [0.15, 0.2) is 6.29 Å². The third-order valence-corrected chi connectivity index (χ3v) is 2.54. The molecule has 14 heavy (non-hydrogen) atoms. The maximum Gasteiger partial charge on any atom is 0.165 e. The van der Waals surface area contributed by atoms with E-state index in [1.165, 1.54) is 6.42 Å². The molecule has 3 heteroatoms. The molecule has 0 N–H and O–H groups in total. The van der Waals surface area contributed by atoms with Crippen LogP contribution in [0.25, 0.3) is 0 Å². The smallest absolute Gasteiger partial charge is 0.165 e. The van der Waals surface area contributed by atoms with Gasteiger partial charge in [0, 0.05) is 25.1 Å². The molecule has 0 radical (unpaired) electrons. The monoisotopic (exact) mass is 201 g/mol. The van der Waals surface area contributed by atoms with Crippen molar-refractivity contribution in [3.05, 3.63) is 0 Å². The Morgan fingerprint density at radius 3 is 2.64 bits per heavy atom. The van der Waals surface area contributed by atoms with Gasteiger partial charge in [0.2, 0.25) is 0 Å². The van der Waals surface area contributed by atoms with Crippen LogP contribution in [0, 0.1) is 5.41 Å². The van der Waals surface area contributed by atoms with Crippen LogP contribution >= 0.6 is 0 Å². The Bertz CT molecular complexity index is 171. The first-order valence-corrected chi connectivity index (χ1v) is 5.55. The molecule has 1 saturated heterocycles. The van der Waals surface area contributed by atoms with E-state index in [9.17, 15) is 0 Å². The number of hydrogen-bond acceptors (Lipinski definition) is 3. The van der Waals surface area contributed by atoms with Crippen molar-refractivity contribution >= 4 is 0 Å². The first-order chi connectivity index (χ1) is 6.60. The zero-order chi connectivity index (χ0) is 10.6. The molecule has 0 aromatic carbocycles. The Labute approximate surface area is 87.4 Å². The summed E-state index contributed by atoms with van der Waals surface area (Å²) in [5.41, 5.74) is 0.101. The lowest BCUT2D eigenvalue weighted by Crippen LogP contribution is -2.51. The average Bonchev–Trinajstić information content (AvgIpc) is 2.10. The molecule has 1 fully saturated rings. The van der Waals surface area contributed by atoms with Gasteiger partial charge in [-0.15, -0.1) is 0 Å². The van der Waals surface area contributed by atoms with E-state index in [-0.39, 0.29) is 11.7 Å². The zero-order valence-corrected chi connectivity index (χ0v) is 9.88. The molecule has 1 aliphatic heterocycles. The van der Waals surface area contributed by atoms with Crippen molar-refractivity contribution in [3.8, 4) is 0 Å². The molecule has 84 valence electrons. The van der Waals surface area contributed by atoms with Gasteiger partial charge in [-0.05, 0) is 13.3 Å². The summed E-state index contributed by atoms with van der Waals surface area (Å²) in [5.74, 6) is 0. The van der Waals surface area contributed by atoms with Gasteiger partial charge in [-0.2, -0.15) is 0 Å². The minimum absolute atomic E-state index is 0.0411. The highest BCUT2D eigenvalue weighted by Gasteiger charge is 2.37. The van der Waals surface area contributed by atoms with Gasteiger partial charge in [-0.1, -0.05) is 20.8 Å². The molecule has 3 nitrogen and oxygen atoms in total. The largest absolute Gasteiger partial charge is 0.352 e. The van der Waals surface area contributed by atoms with Crippen molar-refractivity contribution in [2.75, 3.05) is 26.4 Å². The molecular weight excluding hydrogens is 178 g/mol. The van der Waals surface area contributed by atoms with Crippen LogP contribution in [0.3, 0.4) is 0 Å². The molecule has 1 aliphatic rings. The van der Waals surface area contributed by atoms with E-state index in [1.54, 1.807) is 0 Å². The second kappa shape index (κ2) is 5.10. The van der Waals surface area contributed by atoms with Crippen molar-refractivity contribution in [1.29, 1.82) is 0 Å². The van der Waals surface area contributed by atoms with E-state index in [0.717, 1.165) is 19.7 Å². The van der Waals surface area contributed by atoms with Gasteiger partial charge in [0.25, 0.3) is 0 Å². The van der Waals surface area contributed by atoms with E-state index in [1.807, 2.05) is 6.92 Å². The van der Waals surface area contributed by atoms with Gasteiger partial charge in [0.1, 0.15) is 6.73 Å². The summed E-state index contributed by atoms with van der Waals surface area (Å²) in [6.45, 7) is 12.2. The van der Waals surface area contributed by atoms with Crippen molar-refractivity contribution in [3.63, 3.8) is 0 Å². The van der Waals surface area contributed by atoms with Gasteiger partial charge >= 0.3 is 0 Å². The van der Waals surface area contributed by atoms with Crippen LogP contribution in [0.15, 0.2) is 0 Å². The Morgan fingerprint density at radius 2 is 2.14 bits per heavy atom. The molecule has 1 atom stereocenters. The fourth-order valence-electron chi connectivity index (χ4n) is 1.98. The first-order valence-electron chi connectivity index (χ1n) is 5.55. The Balaban J connectivity index is 2.47. The van der Waals surface area contributed by atoms with Crippen LogP contribution in [0.2, 0.25) is 0 Å². The van der Waals surface area contributed by atoms with Gasteiger partial charge < -0.3 is 9.47 Å². The first kappa shape index (κ1) is 12.0. The summed E-state index contributed by atoms with van der Waals surface area (Å²) in [7, 11) is 0. The lowest BCUT2D eigenvalue weighted by atomic mass is 9.90.